The number of nitrogens with one attached hydrogen (secondary N) is 1. The van der Waals surface area contributed by atoms with Gasteiger partial charge in [-0.05, 0) is 54.1 Å². The Bertz CT molecular complexity index is 566. The topological polar surface area (TPSA) is 29.9 Å². The van der Waals surface area contributed by atoms with Crippen LogP contribution in [0.25, 0.3) is 0 Å². The summed E-state index contributed by atoms with van der Waals surface area (Å²) in [5.41, 5.74) is 1.86. The van der Waals surface area contributed by atoms with E-state index >= 15 is 0 Å². The Morgan fingerprint density at radius 1 is 1.42 bits per heavy atom. The van der Waals surface area contributed by atoms with E-state index in [1.807, 2.05) is 13.1 Å². The molecule has 0 bridgehead atoms. The Balaban J connectivity index is 2.22. The van der Waals surface area contributed by atoms with Crippen molar-refractivity contribution in [2.24, 2.45) is 0 Å². The van der Waals surface area contributed by atoms with Crippen molar-refractivity contribution in [3.05, 3.63) is 39.5 Å². The van der Waals surface area contributed by atoms with Crippen molar-refractivity contribution >= 4 is 34.2 Å². The van der Waals surface area contributed by atoms with E-state index in [-0.39, 0.29) is 5.82 Å². The fourth-order valence-electron chi connectivity index (χ4n) is 1.86. The predicted octanol–water partition coefficient (Wildman–Crippen LogP) is 4.48. The summed E-state index contributed by atoms with van der Waals surface area (Å²) < 4.78 is 16.0. The molecule has 0 spiro atoms. The Morgan fingerprint density at radius 2 is 2.21 bits per heavy atom. The first-order chi connectivity index (χ1) is 9.10. The number of unbranched alkanes of at least 4 members (excludes halogenated alkanes) is 1. The summed E-state index contributed by atoms with van der Waals surface area (Å²) in [6.45, 7) is 5.08. The van der Waals surface area contributed by atoms with E-state index in [1.165, 1.54) is 12.1 Å². The lowest BCUT2D eigenvalue weighted by atomic mass is 10.3. The largest absolute Gasteiger partial charge is 0.325 e. The number of rotatable bonds is 5. The lowest BCUT2D eigenvalue weighted by molar-refractivity contribution is 0.626. The van der Waals surface area contributed by atoms with Gasteiger partial charge in [0.25, 0.3) is 0 Å². The third-order valence-electron chi connectivity index (χ3n) is 2.83. The third kappa shape index (κ3) is 3.68. The van der Waals surface area contributed by atoms with Crippen molar-refractivity contribution in [2.45, 2.75) is 33.2 Å². The quantitative estimate of drug-likeness (QED) is 0.784. The number of aromatic nitrogens is 2. The molecule has 0 fully saturated rings. The first kappa shape index (κ1) is 14.3. The molecule has 2 rings (SSSR count). The predicted molar refractivity (Wildman–Crippen MR) is 84.3 cm³/mol. The Hall–Kier alpha value is -1.11. The van der Waals surface area contributed by atoms with Crippen molar-refractivity contribution in [1.29, 1.82) is 0 Å². The molecule has 3 nitrogen and oxygen atoms in total. The van der Waals surface area contributed by atoms with Crippen LogP contribution in [0, 0.1) is 16.3 Å². The average molecular weight is 373 g/mol. The van der Waals surface area contributed by atoms with Crippen LogP contribution in [0.5, 0.6) is 0 Å². The van der Waals surface area contributed by atoms with Gasteiger partial charge in [0.1, 0.15) is 5.82 Å². The highest BCUT2D eigenvalue weighted by Gasteiger charge is 2.08. The van der Waals surface area contributed by atoms with E-state index in [9.17, 15) is 4.39 Å². The molecule has 0 saturated heterocycles. The maximum Gasteiger partial charge on any atom is 0.207 e. The minimum atomic E-state index is -0.222. The minimum Gasteiger partial charge on any atom is -0.325 e. The fourth-order valence-corrected chi connectivity index (χ4v) is 2.47. The van der Waals surface area contributed by atoms with Crippen LogP contribution in [0.4, 0.5) is 16.0 Å². The van der Waals surface area contributed by atoms with Crippen LogP contribution in [0.1, 0.15) is 25.5 Å². The molecule has 1 aromatic carbocycles. The molecule has 0 aliphatic heterocycles. The van der Waals surface area contributed by atoms with Gasteiger partial charge in [-0.25, -0.2) is 9.37 Å². The SMILES string of the molecule is CCCCn1cc(C)nc1Nc1ccc(F)cc1I. The number of nitrogens with zero attached hydrogens (tertiary/aromatic N) is 2. The first-order valence-corrected chi connectivity index (χ1v) is 7.44. The maximum atomic E-state index is 13.1. The van der Waals surface area contributed by atoms with E-state index < -0.39 is 0 Å². The molecule has 102 valence electrons. The summed E-state index contributed by atoms with van der Waals surface area (Å²) in [4.78, 5) is 4.48. The van der Waals surface area contributed by atoms with Gasteiger partial charge in [-0.1, -0.05) is 13.3 Å². The van der Waals surface area contributed by atoms with Crippen LogP contribution in [0.15, 0.2) is 24.4 Å². The summed E-state index contributed by atoms with van der Waals surface area (Å²) >= 11 is 2.12. The van der Waals surface area contributed by atoms with Crippen LogP contribution >= 0.6 is 22.6 Å². The first-order valence-electron chi connectivity index (χ1n) is 6.36. The maximum absolute atomic E-state index is 13.1. The number of anilines is 2. The molecular weight excluding hydrogens is 356 g/mol. The van der Waals surface area contributed by atoms with Gasteiger partial charge in [0.05, 0.1) is 11.4 Å². The number of hydrogen-bond donors (Lipinski definition) is 1. The van der Waals surface area contributed by atoms with Crippen LogP contribution in [0.3, 0.4) is 0 Å². The van der Waals surface area contributed by atoms with Crippen molar-refractivity contribution in [3.63, 3.8) is 0 Å². The van der Waals surface area contributed by atoms with E-state index in [4.69, 9.17) is 0 Å². The Labute approximate surface area is 126 Å². The Kier molecular flexibility index (Phi) is 4.79. The molecule has 19 heavy (non-hydrogen) atoms. The normalized spacial score (nSPS) is 10.7. The molecule has 0 radical (unpaired) electrons. The summed E-state index contributed by atoms with van der Waals surface area (Å²) in [7, 11) is 0. The lowest BCUT2D eigenvalue weighted by Crippen LogP contribution is -2.04. The van der Waals surface area contributed by atoms with Gasteiger partial charge in [-0.3, -0.25) is 0 Å². The third-order valence-corrected chi connectivity index (χ3v) is 3.72. The van der Waals surface area contributed by atoms with Crippen molar-refractivity contribution in [3.8, 4) is 0 Å². The van der Waals surface area contributed by atoms with Gasteiger partial charge < -0.3 is 9.88 Å². The minimum absolute atomic E-state index is 0.222. The molecule has 2 aromatic rings. The highest BCUT2D eigenvalue weighted by molar-refractivity contribution is 14.1. The standard InChI is InChI=1S/C14H17FIN3/c1-3-4-7-19-9-10(2)17-14(19)18-13-6-5-11(15)8-12(13)16/h5-6,8-9H,3-4,7H2,1-2H3,(H,17,18). The van der Waals surface area contributed by atoms with Gasteiger partial charge in [-0.15, -0.1) is 0 Å². The summed E-state index contributed by atoms with van der Waals surface area (Å²) in [6.07, 6.45) is 4.30. The van der Waals surface area contributed by atoms with Crippen LogP contribution < -0.4 is 5.32 Å². The van der Waals surface area contributed by atoms with E-state index in [0.29, 0.717) is 0 Å². The summed E-state index contributed by atoms with van der Waals surface area (Å²) in [5, 5.41) is 3.28. The van der Waals surface area contributed by atoms with E-state index in [1.54, 1.807) is 6.07 Å². The highest BCUT2D eigenvalue weighted by Crippen LogP contribution is 2.23. The average Bonchev–Trinajstić information content (AvgIpc) is 2.70. The van der Waals surface area contributed by atoms with Crippen LogP contribution in [0.2, 0.25) is 0 Å². The van der Waals surface area contributed by atoms with Crippen molar-refractivity contribution in [1.82, 2.24) is 9.55 Å². The molecule has 1 aromatic heterocycles. The van der Waals surface area contributed by atoms with Crippen molar-refractivity contribution in [2.75, 3.05) is 5.32 Å². The number of hydrogen-bond acceptors (Lipinski definition) is 2. The summed E-state index contributed by atoms with van der Waals surface area (Å²) in [5.74, 6) is 0.593. The van der Waals surface area contributed by atoms with Crippen LogP contribution in [-0.2, 0) is 6.54 Å². The van der Waals surface area contributed by atoms with E-state index in [0.717, 1.165) is 40.3 Å². The molecule has 0 saturated carbocycles. The van der Waals surface area contributed by atoms with Gasteiger partial charge in [-0.2, -0.15) is 0 Å². The van der Waals surface area contributed by atoms with Gasteiger partial charge in [0.15, 0.2) is 0 Å². The zero-order chi connectivity index (χ0) is 13.8. The Morgan fingerprint density at radius 3 is 2.89 bits per heavy atom. The lowest BCUT2D eigenvalue weighted by Gasteiger charge is -2.10. The zero-order valence-corrected chi connectivity index (χ0v) is 13.2. The molecule has 1 N–H and O–H groups in total. The molecule has 1 heterocycles. The van der Waals surface area contributed by atoms with Gasteiger partial charge in [0, 0.05) is 16.3 Å². The molecule has 0 aliphatic rings. The molecule has 0 aliphatic carbocycles. The number of aryl methyl sites for hydroxylation is 2. The van der Waals surface area contributed by atoms with Gasteiger partial charge >= 0.3 is 0 Å². The molecule has 0 unspecified atom stereocenters. The molecular formula is C14H17FIN3. The second kappa shape index (κ2) is 6.36. The van der Waals surface area contributed by atoms with E-state index in [2.05, 4.69) is 44.4 Å². The summed E-state index contributed by atoms with van der Waals surface area (Å²) in [6, 6.07) is 4.71. The molecule has 5 heteroatoms. The zero-order valence-electron chi connectivity index (χ0n) is 11.1. The van der Waals surface area contributed by atoms with Crippen molar-refractivity contribution < 1.29 is 4.39 Å². The fraction of sp³-hybridized carbons (Fsp3) is 0.357. The monoisotopic (exact) mass is 373 g/mol. The smallest absolute Gasteiger partial charge is 0.207 e. The number of imidazole rings is 1. The number of halogens is 2. The second-order valence-corrected chi connectivity index (χ2v) is 5.66. The molecule has 0 atom stereocenters. The molecule has 0 amide bonds. The van der Waals surface area contributed by atoms with Crippen LogP contribution in [-0.4, -0.2) is 9.55 Å². The van der Waals surface area contributed by atoms with Gasteiger partial charge in [0.2, 0.25) is 5.95 Å². The highest BCUT2D eigenvalue weighted by atomic mass is 127. The number of benzene rings is 1. The second-order valence-electron chi connectivity index (χ2n) is 4.50.